The van der Waals surface area contributed by atoms with Gasteiger partial charge in [0.25, 0.3) is 0 Å². The van der Waals surface area contributed by atoms with Crippen molar-refractivity contribution in [1.82, 2.24) is 10.2 Å². The second-order valence-electron chi connectivity index (χ2n) is 5.62. The molecule has 0 aromatic carbocycles. The Bertz CT molecular complexity index is 197. The summed E-state index contributed by atoms with van der Waals surface area (Å²) in [5.74, 6) is 0.986. The van der Waals surface area contributed by atoms with Crippen LogP contribution in [0.2, 0.25) is 0 Å². The van der Waals surface area contributed by atoms with E-state index in [0.717, 1.165) is 18.0 Å². The number of rotatable bonds is 3. The molecular formula is C14H28N2. The second kappa shape index (κ2) is 6.02. The lowest BCUT2D eigenvalue weighted by Gasteiger charge is -2.43. The first kappa shape index (κ1) is 12.4. The van der Waals surface area contributed by atoms with Gasteiger partial charge < -0.3 is 5.32 Å². The largest absolute Gasteiger partial charge is 0.317 e. The van der Waals surface area contributed by atoms with Crippen LogP contribution in [0.1, 0.15) is 51.9 Å². The van der Waals surface area contributed by atoms with Crippen molar-refractivity contribution >= 4 is 0 Å². The molecule has 2 fully saturated rings. The summed E-state index contributed by atoms with van der Waals surface area (Å²) in [5.41, 5.74) is 0. The standard InChI is InChI=1S/C14H28N2/c1-3-12-6-4-5-7-14(12)16-10-8-13(15-2)9-11-16/h12-15H,3-11H2,1-2H3. The van der Waals surface area contributed by atoms with Crippen molar-refractivity contribution in [3.8, 4) is 0 Å². The van der Waals surface area contributed by atoms with Gasteiger partial charge in [-0.25, -0.2) is 0 Å². The second-order valence-corrected chi connectivity index (χ2v) is 5.62. The molecule has 2 nitrogen and oxygen atoms in total. The number of hydrogen-bond acceptors (Lipinski definition) is 2. The lowest BCUT2D eigenvalue weighted by atomic mass is 9.81. The number of piperidine rings is 1. The average Bonchev–Trinajstić information content (AvgIpc) is 2.39. The molecule has 2 unspecified atom stereocenters. The molecular weight excluding hydrogens is 196 g/mol. The lowest BCUT2D eigenvalue weighted by Crippen LogP contribution is -2.49. The summed E-state index contributed by atoms with van der Waals surface area (Å²) in [5, 5.41) is 3.43. The van der Waals surface area contributed by atoms with Crippen molar-refractivity contribution in [2.24, 2.45) is 5.92 Å². The Balaban J connectivity index is 1.86. The van der Waals surface area contributed by atoms with Crippen LogP contribution in [0.5, 0.6) is 0 Å². The summed E-state index contributed by atoms with van der Waals surface area (Å²) in [6, 6.07) is 1.69. The highest BCUT2D eigenvalue weighted by atomic mass is 15.2. The SMILES string of the molecule is CCC1CCCCC1N1CCC(NC)CC1. The maximum Gasteiger partial charge on any atom is 0.0123 e. The van der Waals surface area contributed by atoms with E-state index in [4.69, 9.17) is 0 Å². The number of likely N-dealkylation sites (tertiary alicyclic amines) is 1. The van der Waals surface area contributed by atoms with Gasteiger partial charge >= 0.3 is 0 Å². The van der Waals surface area contributed by atoms with E-state index < -0.39 is 0 Å². The fourth-order valence-corrected chi connectivity index (χ4v) is 3.66. The van der Waals surface area contributed by atoms with Crippen LogP contribution >= 0.6 is 0 Å². The summed E-state index contributed by atoms with van der Waals surface area (Å²) >= 11 is 0. The van der Waals surface area contributed by atoms with Crippen molar-refractivity contribution in [3.05, 3.63) is 0 Å². The molecule has 94 valence electrons. The van der Waals surface area contributed by atoms with Gasteiger partial charge in [0.2, 0.25) is 0 Å². The number of nitrogens with zero attached hydrogens (tertiary/aromatic N) is 1. The van der Waals surface area contributed by atoms with Gasteiger partial charge in [0.05, 0.1) is 0 Å². The topological polar surface area (TPSA) is 15.3 Å². The van der Waals surface area contributed by atoms with Crippen LogP contribution in [0.25, 0.3) is 0 Å². The summed E-state index contributed by atoms with van der Waals surface area (Å²) < 4.78 is 0. The molecule has 0 spiro atoms. The molecule has 0 radical (unpaired) electrons. The molecule has 1 aliphatic heterocycles. The third-order valence-corrected chi connectivity index (χ3v) is 4.80. The van der Waals surface area contributed by atoms with Crippen molar-refractivity contribution in [3.63, 3.8) is 0 Å². The molecule has 1 saturated heterocycles. The maximum atomic E-state index is 3.43. The molecule has 16 heavy (non-hydrogen) atoms. The van der Waals surface area contributed by atoms with E-state index in [-0.39, 0.29) is 0 Å². The Labute approximate surface area is 101 Å². The molecule has 0 aromatic heterocycles. The Kier molecular flexibility index (Phi) is 4.66. The van der Waals surface area contributed by atoms with Crippen molar-refractivity contribution in [2.75, 3.05) is 20.1 Å². The van der Waals surface area contributed by atoms with Gasteiger partial charge in [0.15, 0.2) is 0 Å². The van der Waals surface area contributed by atoms with Crippen LogP contribution in [-0.2, 0) is 0 Å². The summed E-state index contributed by atoms with van der Waals surface area (Å²) in [7, 11) is 2.11. The molecule has 0 amide bonds. The zero-order valence-electron chi connectivity index (χ0n) is 11.0. The minimum absolute atomic E-state index is 0.778. The van der Waals surface area contributed by atoms with Crippen molar-refractivity contribution < 1.29 is 0 Å². The highest BCUT2D eigenvalue weighted by Crippen LogP contribution is 2.32. The molecule has 1 aliphatic carbocycles. The van der Waals surface area contributed by atoms with Gasteiger partial charge in [0.1, 0.15) is 0 Å². The smallest absolute Gasteiger partial charge is 0.0123 e. The van der Waals surface area contributed by atoms with Crippen LogP contribution in [0.15, 0.2) is 0 Å². The van der Waals surface area contributed by atoms with Crippen LogP contribution in [0, 0.1) is 5.92 Å². The molecule has 1 N–H and O–H groups in total. The van der Waals surface area contributed by atoms with Crippen LogP contribution in [-0.4, -0.2) is 37.1 Å². The first-order valence-electron chi connectivity index (χ1n) is 7.26. The van der Waals surface area contributed by atoms with E-state index in [2.05, 4.69) is 24.2 Å². The molecule has 1 saturated carbocycles. The van der Waals surface area contributed by atoms with Gasteiger partial charge in [-0.05, 0) is 51.7 Å². The van der Waals surface area contributed by atoms with E-state index in [9.17, 15) is 0 Å². The zero-order valence-corrected chi connectivity index (χ0v) is 11.0. The third kappa shape index (κ3) is 2.78. The quantitative estimate of drug-likeness (QED) is 0.793. The molecule has 2 aliphatic rings. The fraction of sp³-hybridized carbons (Fsp3) is 1.00. The Morgan fingerprint density at radius 1 is 1.06 bits per heavy atom. The summed E-state index contributed by atoms with van der Waals surface area (Å²) in [6.07, 6.45) is 9.97. The van der Waals surface area contributed by atoms with Crippen LogP contribution < -0.4 is 5.32 Å². The van der Waals surface area contributed by atoms with E-state index in [1.807, 2.05) is 0 Å². The molecule has 0 bridgehead atoms. The van der Waals surface area contributed by atoms with Crippen molar-refractivity contribution in [2.45, 2.75) is 64.0 Å². The molecule has 2 rings (SSSR count). The first-order valence-corrected chi connectivity index (χ1v) is 7.26. The van der Waals surface area contributed by atoms with Gasteiger partial charge in [0, 0.05) is 12.1 Å². The van der Waals surface area contributed by atoms with Gasteiger partial charge in [-0.3, -0.25) is 4.90 Å². The Morgan fingerprint density at radius 3 is 2.38 bits per heavy atom. The Hall–Kier alpha value is -0.0800. The highest BCUT2D eigenvalue weighted by molar-refractivity contribution is 4.86. The predicted octanol–water partition coefficient (Wildman–Crippen LogP) is 2.64. The molecule has 2 heteroatoms. The summed E-state index contributed by atoms with van der Waals surface area (Å²) in [4.78, 5) is 2.79. The maximum absolute atomic E-state index is 3.43. The Morgan fingerprint density at radius 2 is 1.75 bits per heavy atom. The minimum atomic E-state index is 0.778. The predicted molar refractivity (Wildman–Crippen MR) is 69.7 cm³/mol. The van der Waals surface area contributed by atoms with E-state index in [1.54, 1.807) is 0 Å². The van der Waals surface area contributed by atoms with Crippen LogP contribution in [0.4, 0.5) is 0 Å². The van der Waals surface area contributed by atoms with Crippen LogP contribution in [0.3, 0.4) is 0 Å². The molecule has 0 aromatic rings. The van der Waals surface area contributed by atoms with E-state index in [1.165, 1.54) is 58.0 Å². The first-order chi connectivity index (χ1) is 7.85. The monoisotopic (exact) mass is 224 g/mol. The fourth-order valence-electron chi connectivity index (χ4n) is 3.66. The molecule has 2 atom stereocenters. The summed E-state index contributed by atoms with van der Waals surface area (Å²) in [6.45, 7) is 5.03. The third-order valence-electron chi connectivity index (χ3n) is 4.80. The average molecular weight is 224 g/mol. The normalized spacial score (nSPS) is 34.1. The van der Waals surface area contributed by atoms with Crippen molar-refractivity contribution in [1.29, 1.82) is 0 Å². The highest BCUT2D eigenvalue weighted by Gasteiger charge is 2.30. The van der Waals surface area contributed by atoms with E-state index >= 15 is 0 Å². The van der Waals surface area contributed by atoms with E-state index in [0.29, 0.717) is 0 Å². The number of nitrogens with one attached hydrogen (secondary N) is 1. The lowest BCUT2D eigenvalue weighted by molar-refractivity contribution is 0.0742. The van der Waals surface area contributed by atoms with Gasteiger partial charge in [-0.1, -0.05) is 26.2 Å². The van der Waals surface area contributed by atoms with Gasteiger partial charge in [-0.2, -0.15) is 0 Å². The zero-order chi connectivity index (χ0) is 11.4. The number of hydrogen-bond donors (Lipinski definition) is 1. The molecule has 1 heterocycles. The van der Waals surface area contributed by atoms with Gasteiger partial charge in [-0.15, -0.1) is 0 Å². The minimum Gasteiger partial charge on any atom is -0.317 e.